The number of rotatable bonds is 9. The molecule has 0 aromatic heterocycles. The van der Waals surface area contributed by atoms with Crippen molar-refractivity contribution in [3.63, 3.8) is 0 Å². The zero-order valence-corrected chi connectivity index (χ0v) is 20.8. The molecule has 0 amide bonds. The van der Waals surface area contributed by atoms with Crippen LogP contribution in [-0.2, 0) is 23.7 Å². The maximum atomic E-state index is 11.7. The molecule has 0 aromatic carbocycles. The molecule has 2 fully saturated rings. The van der Waals surface area contributed by atoms with Crippen molar-refractivity contribution in [3.8, 4) is 0 Å². The van der Waals surface area contributed by atoms with Crippen LogP contribution in [0, 0.1) is 11.3 Å². The Labute approximate surface area is 210 Å². The van der Waals surface area contributed by atoms with Crippen LogP contribution in [0.4, 0.5) is 0 Å². The summed E-state index contributed by atoms with van der Waals surface area (Å²) in [7, 11) is 0. The Morgan fingerprint density at radius 3 is 2.14 bits per heavy atom. The predicted molar refractivity (Wildman–Crippen MR) is 122 cm³/mol. The zero-order chi connectivity index (χ0) is 26.8. The van der Waals surface area contributed by atoms with Gasteiger partial charge in [-0.1, -0.05) is 19.9 Å². The first-order chi connectivity index (χ1) is 16.9. The SMILES string of the molecule is CC(CCC1C=CC(=O)CC1(C)C)OC1OC(COC2OC(CO)C(O)C(O)C2O)C(O)C(O)C1O. The minimum Gasteiger partial charge on any atom is -0.394 e. The molecule has 7 N–H and O–H groups in total. The smallest absolute Gasteiger partial charge is 0.186 e. The van der Waals surface area contributed by atoms with Crippen LogP contribution >= 0.6 is 0 Å². The van der Waals surface area contributed by atoms with E-state index in [0.717, 1.165) is 6.42 Å². The normalized spacial score (nSPS) is 43.9. The number of ether oxygens (including phenoxy) is 4. The first-order valence-electron chi connectivity index (χ1n) is 12.3. The summed E-state index contributed by atoms with van der Waals surface area (Å²) in [6, 6.07) is 0. The maximum absolute atomic E-state index is 11.7. The average Bonchev–Trinajstić information content (AvgIpc) is 2.82. The third kappa shape index (κ3) is 6.69. The Morgan fingerprint density at radius 1 is 0.944 bits per heavy atom. The molecule has 0 saturated carbocycles. The fourth-order valence-electron chi connectivity index (χ4n) is 4.88. The van der Waals surface area contributed by atoms with Crippen LogP contribution in [0.1, 0.15) is 40.0 Å². The van der Waals surface area contributed by atoms with Crippen molar-refractivity contribution in [1.29, 1.82) is 0 Å². The van der Waals surface area contributed by atoms with Gasteiger partial charge in [0.05, 0.1) is 19.3 Å². The minimum absolute atomic E-state index is 0.101. The molecule has 0 radical (unpaired) electrons. The number of allylic oxidation sites excluding steroid dienone is 2. The van der Waals surface area contributed by atoms with E-state index in [-0.39, 0.29) is 23.2 Å². The molecule has 0 bridgehead atoms. The van der Waals surface area contributed by atoms with Gasteiger partial charge >= 0.3 is 0 Å². The number of carbonyl (C=O) groups is 1. The fourth-order valence-corrected chi connectivity index (χ4v) is 4.88. The van der Waals surface area contributed by atoms with Crippen molar-refractivity contribution in [2.24, 2.45) is 11.3 Å². The van der Waals surface area contributed by atoms with Crippen LogP contribution in [0.5, 0.6) is 0 Å². The maximum Gasteiger partial charge on any atom is 0.186 e. The monoisotopic (exact) mass is 520 g/mol. The van der Waals surface area contributed by atoms with Crippen molar-refractivity contribution in [3.05, 3.63) is 12.2 Å². The molecule has 12 atom stereocenters. The van der Waals surface area contributed by atoms with Gasteiger partial charge in [-0.15, -0.1) is 0 Å². The van der Waals surface area contributed by atoms with Crippen LogP contribution in [0.25, 0.3) is 0 Å². The van der Waals surface area contributed by atoms with E-state index in [4.69, 9.17) is 18.9 Å². The van der Waals surface area contributed by atoms with Crippen molar-refractivity contribution >= 4 is 5.78 Å². The lowest BCUT2D eigenvalue weighted by molar-refractivity contribution is -0.335. The summed E-state index contributed by atoms with van der Waals surface area (Å²) in [5.41, 5.74) is -0.181. The summed E-state index contributed by atoms with van der Waals surface area (Å²) in [6.07, 6.45) is -9.67. The molecule has 12 heteroatoms. The summed E-state index contributed by atoms with van der Waals surface area (Å²) >= 11 is 0. The third-order valence-electron chi connectivity index (χ3n) is 7.34. The van der Waals surface area contributed by atoms with E-state index in [2.05, 4.69) is 0 Å². The van der Waals surface area contributed by atoms with E-state index in [0.29, 0.717) is 12.8 Å². The van der Waals surface area contributed by atoms with Crippen molar-refractivity contribution in [1.82, 2.24) is 0 Å². The highest BCUT2D eigenvalue weighted by atomic mass is 16.7. The molecule has 3 aliphatic rings. The second kappa shape index (κ2) is 12.2. The standard InChI is InChI=1S/C24H40O12/c1-11(4-5-12-6-7-13(26)8-24(12,2)3)34-23-21(32)19(30)17(28)15(36-23)10-33-22-20(31)18(29)16(27)14(9-25)35-22/h6-7,11-12,14-23,25,27-32H,4-5,8-10H2,1-3H3. The lowest BCUT2D eigenvalue weighted by Gasteiger charge is -2.43. The van der Waals surface area contributed by atoms with Gasteiger partial charge < -0.3 is 54.7 Å². The quantitative estimate of drug-likeness (QED) is 0.176. The van der Waals surface area contributed by atoms with Crippen LogP contribution < -0.4 is 0 Å². The lowest BCUT2D eigenvalue weighted by atomic mass is 9.70. The van der Waals surface area contributed by atoms with E-state index >= 15 is 0 Å². The Kier molecular flexibility index (Phi) is 10.0. The molecule has 12 nitrogen and oxygen atoms in total. The molecule has 2 saturated heterocycles. The van der Waals surface area contributed by atoms with Gasteiger partial charge in [-0.3, -0.25) is 4.79 Å². The van der Waals surface area contributed by atoms with Gasteiger partial charge in [-0.05, 0) is 37.2 Å². The van der Waals surface area contributed by atoms with Crippen LogP contribution in [0.3, 0.4) is 0 Å². The van der Waals surface area contributed by atoms with Crippen LogP contribution in [0.15, 0.2) is 12.2 Å². The lowest BCUT2D eigenvalue weighted by Crippen LogP contribution is -2.62. The second-order valence-electron chi connectivity index (χ2n) is 10.7. The molecule has 12 unspecified atom stereocenters. The van der Waals surface area contributed by atoms with Gasteiger partial charge in [0.1, 0.15) is 48.8 Å². The Morgan fingerprint density at radius 2 is 1.53 bits per heavy atom. The first kappa shape index (κ1) is 29.5. The Hall–Kier alpha value is -1.03. The number of aliphatic hydroxyl groups is 7. The van der Waals surface area contributed by atoms with E-state index < -0.39 is 74.6 Å². The largest absolute Gasteiger partial charge is 0.394 e. The summed E-state index contributed by atoms with van der Waals surface area (Å²) in [5, 5.41) is 70.3. The van der Waals surface area contributed by atoms with Crippen molar-refractivity contribution < 1.29 is 59.5 Å². The molecule has 2 heterocycles. The zero-order valence-electron chi connectivity index (χ0n) is 20.8. The highest BCUT2D eigenvalue weighted by Crippen LogP contribution is 2.38. The second-order valence-corrected chi connectivity index (χ2v) is 10.7. The van der Waals surface area contributed by atoms with E-state index in [1.54, 1.807) is 13.0 Å². The summed E-state index contributed by atoms with van der Waals surface area (Å²) in [5.74, 6) is 0.273. The van der Waals surface area contributed by atoms with Gasteiger partial charge in [-0.2, -0.15) is 0 Å². The van der Waals surface area contributed by atoms with E-state index in [1.807, 2.05) is 19.9 Å². The molecule has 0 aromatic rings. The number of ketones is 1. The number of carbonyl (C=O) groups excluding carboxylic acids is 1. The number of hydrogen-bond donors (Lipinski definition) is 7. The van der Waals surface area contributed by atoms with E-state index in [9.17, 15) is 40.5 Å². The van der Waals surface area contributed by atoms with Gasteiger partial charge in [0.25, 0.3) is 0 Å². The topological polar surface area (TPSA) is 196 Å². The fraction of sp³-hybridized carbons (Fsp3) is 0.875. The first-order valence-corrected chi connectivity index (χ1v) is 12.3. The number of hydrogen-bond acceptors (Lipinski definition) is 12. The number of aliphatic hydroxyl groups excluding tert-OH is 7. The summed E-state index contributed by atoms with van der Waals surface area (Å²) < 4.78 is 22.2. The summed E-state index contributed by atoms with van der Waals surface area (Å²) in [6.45, 7) is 4.82. The summed E-state index contributed by atoms with van der Waals surface area (Å²) in [4.78, 5) is 11.7. The third-order valence-corrected chi connectivity index (χ3v) is 7.34. The molecule has 0 spiro atoms. The van der Waals surface area contributed by atoms with Crippen molar-refractivity contribution in [2.45, 2.75) is 108 Å². The van der Waals surface area contributed by atoms with Crippen LogP contribution in [0.2, 0.25) is 0 Å². The van der Waals surface area contributed by atoms with Gasteiger partial charge in [0.15, 0.2) is 18.4 Å². The highest BCUT2D eigenvalue weighted by Gasteiger charge is 2.47. The Bertz CT molecular complexity index is 757. The molecule has 1 aliphatic carbocycles. The van der Waals surface area contributed by atoms with Crippen molar-refractivity contribution in [2.75, 3.05) is 13.2 Å². The molecule has 3 rings (SSSR count). The Balaban J connectivity index is 1.55. The molecular formula is C24H40O12. The van der Waals surface area contributed by atoms with E-state index in [1.165, 1.54) is 0 Å². The highest BCUT2D eigenvalue weighted by molar-refractivity contribution is 5.91. The predicted octanol–water partition coefficient (Wildman–Crippen LogP) is -2.03. The molecule has 2 aliphatic heterocycles. The van der Waals surface area contributed by atoms with Gasteiger partial charge in [-0.25, -0.2) is 0 Å². The van der Waals surface area contributed by atoms with Gasteiger partial charge in [0, 0.05) is 6.42 Å². The molecule has 208 valence electrons. The minimum atomic E-state index is -1.64. The average molecular weight is 521 g/mol. The van der Waals surface area contributed by atoms with Gasteiger partial charge in [0.2, 0.25) is 0 Å². The van der Waals surface area contributed by atoms with Crippen LogP contribution in [-0.4, -0.2) is 122 Å². The molecule has 36 heavy (non-hydrogen) atoms. The molecular weight excluding hydrogens is 480 g/mol.